The summed E-state index contributed by atoms with van der Waals surface area (Å²) in [6.45, 7) is 13.4. The Morgan fingerprint density at radius 2 is 1.90 bits per heavy atom. The van der Waals surface area contributed by atoms with Crippen LogP contribution in [0.15, 0.2) is 0 Å². The van der Waals surface area contributed by atoms with E-state index in [-0.39, 0.29) is 5.91 Å². The molecule has 1 amide bonds. The summed E-state index contributed by atoms with van der Waals surface area (Å²) in [6, 6.07) is 0.369. The number of primary amides is 1. The van der Waals surface area contributed by atoms with E-state index in [0.717, 1.165) is 25.4 Å². The normalized spacial score (nSPS) is 25.9. The Balaban J connectivity index is 2.64. The lowest BCUT2D eigenvalue weighted by Gasteiger charge is -2.35. The number of amides is 1. The van der Waals surface area contributed by atoms with Crippen molar-refractivity contribution in [3.05, 3.63) is 0 Å². The van der Waals surface area contributed by atoms with Crippen LogP contribution < -0.4 is 11.1 Å². The van der Waals surface area contributed by atoms with E-state index in [1.54, 1.807) is 0 Å². The third-order valence-electron chi connectivity index (χ3n) is 5.41. The number of nitrogens with one attached hydrogen (secondary N) is 1. The fourth-order valence-corrected chi connectivity index (χ4v) is 3.47. The van der Waals surface area contributed by atoms with E-state index >= 15 is 0 Å². The van der Waals surface area contributed by atoms with Gasteiger partial charge >= 0.3 is 0 Å². The van der Waals surface area contributed by atoms with Crippen LogP contribution >= 0.6 is 0 Å². The lowest BCUT2D eigenvalue weighted by Crippen LogP contribution is -2.55. The number of likely N-dealkylation sites (N-methyl/N-ethyl adjacent to an activating group) is 1. The number of hydrogen-bond donors (Lipinski definition) is 2. The van der Waals surface area contributed by atoms with E-state index < -0.39 is 5.54 Å². The highest BCUT2D eigenvalue weighted by atomic mass is 16.1. The highest BCUT2D eigenvalue weighted by molar-refractivity contribution is 5.84. The molecule has 1 saturated heterocycles. The molecule has 0 saturated carbocycles. The molecule has 1 fully saturated rings. The van der Waals surface area contributed by atoms with Gasteiger partial charge in [-0.05, 0) is 71.0 Å². The van der Waals surface area contributed by atoms with E-state index in [2.05, 4.69) is 37.9 Å². The zero-order valence-electron chi connectivity index (χ0n) is 14.8. The average molecular weight is 297 g/mol. The highest BCUT2D eigenvalue weighted by Gasteiger charge is 2.34. The molecule has 3 N–H and O–H groups in total. The monoisotopic (exact) mass is 297 g/mol. The van der Waals surface area contributed by atoms with E-state index in [1.165, 1.54) is 19.3 Å². The number of nitrogens with zero attached hydrogens (tertiary/aromatic N) is 1. The fourth-order valence-electron chi connectivity index (χ4n) is 3.47. The van der Waals surface area contributed by atoms with Crippen LogP contribution in [-0.2, 0) is 4.79 Å². The van der Waals surface area contributed by atoms with Crippen molar-refractivity contribution in [3.63, 3.8) is 0 Å². The fraction of sp³-hybridized carbons (Fsp3) is 0.941. The third-order valence-corrected chi connectivity index (χ3v) is 5.41. The van der Waals surface area contributed by atoms with Gasteiger partial charge in [-0.15, -0.1) is 0 Å². The van der Waals surface area contributed by atoms with E-state index in [9.17, 15) is 4.79 Å². The van der Waals surface area contributed by atoms with Crippen LogP contribution in [0.3, 0.4) is 0 Å². The Morgan fingerprint density at radius 3 is 2.38 bits per heavy atom. The van der Waals surface area contributed by atoms with E-state index in [1.807, 2.05) is 14.0 Å². The first-order valence-electron chi connectivity index (χ1n) is 8.33. The molecule has 0 aromatic heterocycles. The smallest absolute Gasteiger partial charge is 0.237 e. The van der Waals surface area contributed by atoms with Gasteiger partial charge in [0.1, 0.15) is 0 Å². The van der Waals surface area contributed by atoms with Crippen LogP contribution in [0.5, 0.6) is 0 Å². The summed E-state index contributed by atoms with van der Waals surface area (Å²) in [5.74, 6) is 0.528. The topological polar surface area (TPSA) is 58.4 Å². The van der Waals surface area contributed by atoms with Crippen molar-refractivity contribution >= 4 is 5.91 Å². The Bertz CT molecular complexity index is 350. The molecule has 0 spiro atoms. The number of likely N-dealkylation sites (tertiary alicyclic amines) is 1. The first-order chi connectivity index (χ1) is 9.60. The minimum Gasteiger partial charge on any atom is -0.368 e. The van der Waals surface area contributed by atoms with E-state index in [0.29, 0.717) is 11.5 Å². The Morgan fingerprint density at radius 1 is 1.29 bits per heavy atom. The first-order valence-corrected chi connectivity index (χ1v) is 8.33. The summed E-state index contributed by atoms with van der Waals surface area (Å²) < 4.78 is 0. The van der Waals surface area contributed by atoms with Crippen molar-refractivity contribution in [3.8, 4) is 0 Å². The van der Waals surface area contributed by atoms with Gasteiger partial charge in [0.2, 0.25) is 5.91 Å². The molecular formula is C17H35N3O. The third kappa shape index (κ3) is 4.96. The van der Waals surface area contributed by atoms with E-state index in [4.69, 9.17) is 5.73 Å². The molecule has 1 heterocycles. The molecule has 1 rings (SSSR count). The maximum absolute atomic E-state index is 11.7. The molecule has 4 heteroatoms. The highest BCUT2D eigenvalue weighted by Crippen LogP contribution is 2.35. The quantitative estimate of drug-likeness (QED) is 0.819. The van der Waals surface area contributed by atoms with Crippen LogP contribution in [-0.4, -0.2) is 42.5 Å². The van der Waals surface area contributed by atoms with Crippen LogP contribution in [0.4, 0.5) is 0 Å². The Labute approximate surface area is 130 Å². The molecule has 4 nitrogen and oxygen atoms in total. The predicted octanol–water partition coefficient (Wildman–Crippen LogP) is 2.38. The van der Waals surface area contributed by atoms with Crippen molar-refractivity contribution in [1.29, 1.82) is 0 Å². The van der Waals surface area contributed by atoms with Gasteiger partial charge in [-0.25, -0.2) is 0 Å². The van der Waals surface area contributed by atoms with Gasteiger partial charge in [0, 0.05) is 6.04 Å². The van der Waals surface area contributed by atoms with Crippen LogP contribution in [0, 0.1) is 11.3 Å². The van der Waals surface area contributed by atoms with Crippen molar-refractivity contribution in [2.75, 3.05) is 20.1 Å². The van der Waals surface area contributed by atoms with Gasteiger partial charge in [0.15, 0.2) is 0 Å². The molecular weight excluding hydrogens is 262 g/mol. The van der Waals surface area contributed by atoms with Crippen LogP contribution in [0.25, 0.3) is 0 Å². The summed E-state index contributed by atoms with van der Waals surface area (Å²) >= 11 is 0. The largest absolute Gasteiger partial charge is 0.368 e. The molecule has 3 unspecified atom stereocenters. The molecule has 0 aliphatic carbocycles. The first kappa shape index (κ1) is 18.4. The van der Waals surface area contributed by atoms with Crippen molar-refractivity contribution in [1.82, 2.24) is 10.2 Å². The summed E-state index contributed by atoms with van der Waals surface area (Å²) in [7, 11) is 1.82. The molecule has 1 aliphatic rings. The molecule has 1 aliphatic heterocycles. The predicted molar refractivity (Wildman–Crippen MR) is 89.1 cm³/mol. The molecule has 0 radical (unpaired) electrons. The Kier molecular flexibility index (Phi) is 6.23. The molecule has 0 bridgehead atoms. The minimum absolute atomic E-state index is 0.265. The molecule has 21 heavy (non-hydrogen) atoms. The summed E-state index contributed by atoms with van der Waals surface area (Å²) in [6.07, 6.45) is 4.57. The van der Waals surface area contributed by atoms with Gasteiger partial charge in [-0.2, -0.15) is 0 Å². The second-order valence-corrected chi connectivity index (χ2v) is 8.03. The average Bonchev–Trinajstić information content (AvgIpc) is 2.63. The number of carbonyl (C=O) groups is 1. The van der Waals surface area contributed by atoms with Gasteiger partial charge in [0.25, 0.3) is 0 Å². The van der Waals surface area contributed by atoms with Crippen molar-refractivity contribution in [2.45, 2.75) is 71.9 Å². The second kappa shape index (κ2) is 7.10. The summed E-state index contributed by atoms with van der Waals surface area (Å²) in [5, 5.41) is 3.10. The van der Waals surface area contributed by atoms with Gasteiger partial charge in [-0.3, -0.25) is 4.79 Å². The van der Waals surface area contributed by atoms with Crippen molar-refractivity contribution in [2.24, 2.45) is 17.1 Å². The number of carbonyl (C=O) groups excluding carboxylic acids is 1. The Hall–Kier alpha value is -0.610. The SMILES string of the molecule is CNC(C)(CC(C)N1CCCC(C(C)(C)C)CC1)C(N)=O. The summed E-state index contributed by atoms with van der Waals surface area (Å²) in [5.41, 5.74) is 5.33. The summed E-state index contributed by atoms with van der Waals surface area (Å²) in [4.78, 5) is 14.2. The lowest BCUT2D eigenvalue weighted by atomic mass is 9.77. The number of nitrogens with two attached hydrogens (primary N) is 1. The molecule has 0 aromatic rings. The number of hydrogen-bond acceptors (Lipinski definition) is 3. The lowest BCUT2D eigenvalue weighted by molar-refractivity contribution is -0.124. The standard InChI is InChI=1S/C17H35N3O/c1-13(12-17(5,19-6)15(18)21)20-10-7-8-14(9-11-20)16(2,3)4/h13-14,19H,7-12H2,1-6H3,(H2,18,21). The van der Waals surface area contributed by atoms with Crippen LogP contribution in [0.2, 0.25) is 0 Å². The molecule has 3 atom stereocenters. The van der Waals surface area contributed by atoms with Crippen molar-refractivity contribution < 1.29 is 4.79 Å². The molecule has 124 valence electrons. The van der Waals surface area contributed by atoms with Gasteiger partial charge in [0.05, 0.1) is 5.54 Å². The number of rotatable bonds is 5. The maximum Gasteiger partial charge on any atom is 0.237 e. The van der Waals surface area contributed by atoms with Gasteiger partial charge < -0.3 is 16.0 Å². The second-order valence-electron chi connectivity index (χ2n) is 8.03. The zero-order valence-corrected chi connectivity index (χ0v) is 14.8. The minimum atomic E-state index is -0.616. The van der Waals surface area contributed by atoms with Crippen LogP contribution in [0.1, 0.15) is 60.3 Å². The maximum atomic E-state index is 11.7. The van der Waals surface area contributed by atoms with Gasteiger partial charge in [-0.1, -0.05) is 20.8 Å². The molecule has 0 aromatic carbocycles. The zero-order chi connectivity index (χ0) is 16.3.